The van der Waals surface area contributed by atoms with Crippen molar-refractivity contribution in [1.82, 2.24) is 0 Å². The second kappa shape index (κ2) is 25.0. The van der Waals surface area contributed by atoms with Crippen LogP contribution in [-0.4, -0.2) is 34.5 Å². The summed E-state index contributed by atoms with van der Waals surface area (Å²) < 4.78 is 8.88. The Morgan fingerprint density at radius 3 is 2.17 bits per heavy atom. The van der Waals surface area contributed by atoms with E-state index in [0.717, 1.165) is 63.5 Å². The zero-order valence-corrected chi connectivity index (χ0v) is 22.0. The fourth-order valence-electron chi connectivity index (χ4n) is 3.38. The third-order valence-corrected chi connectivity index (χ3v) is 5.12. The Hall–Kier alpha value is -0.630. The van der Waals surface area contributed by atoms with Crippen molar-refractivity contribution in [3.63, 3.8) is 0 Å². The summed E-state index contributed by atoms with van der Waals surface area (Å²) in [4.78, 5) is 41.2. The van der Waals surface area contributed by atoms with Crippen LogP contribution in [0.25, 0.3) is 0 Å². The third-order valence-electron chi connectivity index (χ3n) is 5.12. The van der Waals surface area contributed by atoms with Crippen molar-refractivity contribution in [3.8, 4) is 0 Å². The van der Waals surface area contributed by atoms with Gasteiger partial charge in [0.2, 0.25) is 0 Å². The molecule has 0 amide bonds. The van der Waals surface area contributed by atoms with Crippen LogP contribution in [0.15, 0.2) is 11.8 Å². The van der Waals surface area contributed by atoms with E-state index in [0.29, 0.717) is 6.61 Å². The molecular weight excluding hydrogens is 487 g/mol. The van der Waals surface area contributed by atoms with Crippen LogP contribution in [0.2, 0.25) is 0 Å². The first kappa shape index (κ1) is 34.4. The Labute approximate surface area is 208 Å². The van der Waals surface area contributed by atoms with E-state index >= 15 is 0 Å². The van der Waals surface area contributed by atoms with Gasteiger partial charge >= 0.3 is 7.82 Å². The lowest BCUT2D eigenvalue weighted by molar-refractivity contribution is -0.713. The molecule has 0 aromatic carbocycles. The van der Waals surface area contributed by atoms with Crippen molar-refractivity contribution >= 4 is 7.82 Å². The molecule has 210 valence electrons. The molecular formula is C22H45O12P. The number of rotatable bonds is 21. The standard InChI is InChI=1S/C22H42O8.H3O4P/c1-3-4-5-6-7-8-9-11-16-21(25-27-23-2)19-14-15-20-24-28-30-29-26-22-17-12-10-13-18-22;1-5(2,3)4/h16,22H,3-15,17-20H2,1-2H3;(H3,1,2,3,4). The van der Waals surface area contributed by atoms with E-state index in [1.807, 2.05) is 0 Å². The minimum absolute atomic E-state index is 0.0722. The first-order valence-electron chi connectivity index (χ1n) is 12.5. The van der Waals surface area contributed by atoms with E-state index < -0.39 is 7.82 Å². The van der Waals surface area contributed by atoms with Crippen LogP contribution in [0.3, 0.4) is 0 Å². The fourth-order valence-corrected chi connectivity index (χ4v) is 3.38. The molecule has 1 fully saturated rings. The molecule has 0 aromatic rings. The first-order chi connectivity index (χ1) is 16.9. The van der Waals surface area contributed by atoms with Crippen LogP contribution in [0.5, 0.6) is 0 Å². The van der Waals surface area contributed by atoms with Crippen molar-refractivity contribution in [3.05, 3.63) is 11.8 Å². The average molecular weight is 533 g/mol. The molecule has 1 aliphatic carbocycles. The molecule has 35 heavy (non-hydrogen) atoms. The highest BCUT2D eigenvalue weighted by molar-refractivity contribution is 7.45. The van der Waals surface area contributed by atoms with Crippen molar-refractivity contribution in [2.75, 3.05) is 13.7 Å². The van der Waals surface area contributed by atoms with Gasteiger partial charge in [-0.25, -0.2) is 14.3 Å². The summed E-state index contributed by atoms with van der Waals surface area (Å²) in [6, 6.07) is 0. The molecule has 0 atom stereocenters. The van der Waals surface area contributed by atoms with Gasteiger partial charge in [0.15, 0.2) is 0 Å². The largest absolute Gasteiger partial charge is 0.466 e. The average Bonchev–Trinajstić information content (AvgIpc) is 2.82. The van der Waals surface area contributed by atoms with Gasteiger partial charge in [0, 0.05) is 6.42 Å². The molecule has 1 saturated carbocycles. The Bertz CT molecular complexity index is 514. The molecule has 12 nitrogen and oxygen atoms in total. The number of phosphoric acid groups is 1. The Morgan fingerprint density at radius 2 is 1.51 bits per heavy atom. The first-order valence-corrected chi connectivity index (χ1v) is 14.1. The smallest absolute Gasteiger partial charge is 0.313 e. The number of allylic oxidation sites excluding steroid dienone is 2. The third kappa shape index (κ3) is 29.5. The summed E-state index contributed by atoms with van der Waals surface area (Å²) in [5, 5.41) is 18.1. The van der Waals surface area contributed by atoms with E-state index in [2.05, 4.69) is 38.0 Å². The van der Waals surface area contributed by atoms with Crippen LogP contribution >= 0.6 is 7.82 Å². The van der Waals surface area contributed by atoms with E-state index in [1.165, 1.54) is 52.1 Å². The van der Waals surface area contributed by atoms with Gasteiger partial charge in [0.05, 0.1) is 19.8 Å². The summed E-state index contributed by atoms with van der Waals surface area (Å²) in [6.45, 7) is 2.60. The van der Waals surface area contributed by atoms with Crippen LogP contribution in [-0.2, 0) is 44.3 Å². The molecule has 0 saturated heterocycles. The van der Waals surface area contributed by atoms with Crippen LogP contribution in [0.4, 0.5) is 0 Å². The Balaban J connectivity index is 0.00000209. The zero-order chi connectivity index (χ0) is 26.0. The van der Waals surface area contributed by atoms with Gasteiger partial charge in [0.1, 0.15) is 5.76 Å². The summed E-state index contributed by atoms with van der Waals surface area (Å²) in [6.07, 6.45) is 20.0. The molecule has 0 aliphatic heterocycles. The molecule has 3 N–H and O–H groups in total. The molecule has 0 spiro atoms. The summed E-state index contributed by atoms with van der Waals surface area (Å²) in [5.74, 6) is 0.768. The predicted octanol–water partition coefficient (Wildman–Crippen LogP) is 5.84. The second-order valence-corrected chi connectivity index (χ2v) is 9.28. The second-order valence-electron chi connectivity index (χ2n) is 8.25. The van der Waals surface area contributed by atoms with Gasteiger partial charge in [-0.3, -0.25) is 0 Å². The predicted molar refractivity (Wildman–Crippen MR) is 125 cm³/mol. The van der Waals surface area contributed by atoms with E-state index in [-0.39, 0.29) is 6.10 Å². The number of hydrogen-bond donors (Lipinski definition) is 3. The van der Waals surface area contributed by atoms with E-state index in [4.69, 9.17) is 33.9 Å². The van der Waals surface area contributed by atoms with Gasteiger partial charge in [-0.1, -0.05) is 64.7 Å². The van der Waals surface area contributed by atoms with Gasteiger partial charge < -0.3 is 19.6 Å². The molecule has 0 radical (unpaired) electrons. The van der Waals surface area contributed by atoms with Crippen LogP contribution in [0.1, 0.15) is 110 Å². The normalized spacial score (nSPS) is 15.1. The zero-order valence-electron chi connectivity index (χ0n) is 21.1. The highest BCUT2D eigenvalue weighted by Crippen LogP contribution is 2.25. The summed E-state index contributed by atoms with van der Waals surface area (Å²) in [5.41, 5.74) is 0. The molecule has 1 aliphatic rings. The summed E-state index contributed by atoms with van der Waals surface area (Å²) >= 11 is 0. The summed E-state index contributed by atoms with van der Waals surface area (Å²) in [7, 11) is -3.22. The Kier molecular flexibility index (Phi) is 24.6. The maximum atomic E-state index is 8.88. The van der Waals surface area contributed by atoms with Gasteiger partial charge in [0.25, 0.3) is 0 Å². The van der Waals surface area contributed by atoms with Crippen molar-refractivity contribution in [1.29, 1.82) is 0 Å². The maximum Gasteiger partial charge on any atom is 0.466 e. The van der Waals surface area contributed by atoms with Gasteiger partial charge in [-0.15, -0.1) is 0 Å². The number of unbranched alkanes of at least 4 members (excludes halogenated alkanes) is 8. The molecule has 0 heterocycles. The van der Waals surface area contributed by atoms with Gasteiger partial charge in [-0.2, -0.15) is 4.89 Å². The van der Waals surface area contributed by atoms with E-state index in [1.54, 1.807) is 0 Å². The Morgan fingerprint density at radius 1 is 0.857 bits per heavy atom. The lowest BCUT2D eigenvalue weighted by Crippen LogP contribution is -2.17. The topological polar surface area (TPSA) is 152 Å². The lowest BCUT2D eigenvalue weighted by Gasteiger charge is -2.18. The van der Waals surface area contributed by atoms with E-state index in [9.17, 15) is 0 Å². The highest BCUT2D eigenvalue weighted by atomic mass is 31.2. The van der Waals surface area contributed by atoms with Crippen LogP contribution < -0.4 is 0 Å². The quantitative estimate of drug-likeness (QED) is 0.0535. The van der Waals surface area contributed by atoms with Crippen molar-refractivity contribution in [2.24, 2.45) is 0 Å². The minimum Gasteiger partial charge on any atom is -0.313 e. The highest BCUT2D eigenvalue weighted by Gasteiger charge is 2.15. The molecule has 0 aromatic heterocycles. The monoisotopic (exact) mass is 532 g/mol. The van der Waals surface area contributed by atoms with Crippen molar-refractivity contribution in [2.45, 2.75) is 116 Å². The maximum absolute atomic E-state index is 8.88. The van der Waals surface area contributed by atoms with Crippen molar-refractivity contribution < 1.29 is 58.9 Å². The minimum atomic E-state index is -4.64. The molecule has 1 rings (SSSR count). The fraction of sp³-hybridized carbons (Fsp3) is 0.909. The SMILES string of the molecule is CCCCCCCCCC=C(CCCCOOOOOC1CCCCC1)OOOC.O=P(O)(O)O. The number of hydrogen-bond acceptors (Lipinski definition) is 9. The lowest BCUT2D eigenvalue weighted by atomic mass is 9.98. The molecule has 0 unspecified atom stereocenters. The van der Waals surface area contributed by atoms with Crippen LogP contribution in [0, 0.1) is 0 Å². The molecule has 0 bridgehead atoms. The molecule has 13 heteroatoms. The van der Waals surface area contributed by atoms with Gasteiger partial charge in [-0.05, 0) is 64.8 Å².